The fraction of sp³-hybridized carbons (Fsp3) is 0.435. The zero-order chi connectivity index (χ0) is 23.4. The molecule has 0 aliphatic carbocycles. The molecule has 0 bridgehead atoms. The van der Waals surface area contributed by atoms with Crippen molar-refractivity contribution in [1.29, 1.82) is 0 Å². The van der Waals surface area contributed by atoms with Gasteiger partial charge in [-0.3, -0.25) is 19.5 Å². The van der Waals surface area contributed by atoms with Gasteiger partial charge in [0.1, 0.15) is 11.9 Å². The van der Waals surface area contributed by atoms with Crippen LogP contribution < -0.4 is 10.1 Å². The smallest absolute Gasteiger partial charge is 0.238 e. The number of nitrogens with one attached hydrogen (secondary N) is 2. The molecule has 1 amide bonds. The Morgan fingerprint density at radius 3 is 2.85 bits per heavy atom. The Balaban J connectivity index is 1.30. The number of carbonyl (C=O) groups is 1. The lowest BCUT2D eigenvalue weighted by atomic mass is 10.2. The van der Waals surface area contributed by atoms with E-state index < -0.39 is 0 Å². The lowest BCUT2D eigenvalue weighted by molar-refractivity contribution is -0.119. The van der Waals surface area contributed by atoms with Gasteiger partial charge in [-0.2, -0.15) is 10.2 Å². The van der Waals surface area contributed by atoms with E-state index in [4.69, 9.17) is 21.1 Å². The van der Waals surface area contributed by atoms with Crippen molar-refractivity contribution in [1.82, 2.24) is 24.9 Å². The first-order valence-corrected chi connectivity index (χ1v) is 11.3. The maximum Gasteiger partial charge on any atom is 0.238 e. The molecule has 1 aromatic carbocycles. The van der Waals surface area contributed by atoms with E-state index in [9.17, 15) is 4.79 Å². The Bertz CT molecular complexity index is 1070. The number of H-pyrrole nitrogens is 1. The monoisotopic (exact) mass is 472 g/mol. The second-order valence-corrected chi connectivity index (χ2v) is 8.62. The molecule has 1 fully saturated rings. The molecule has 0 unspecified atom stereocenters. The van der Waals surface area contributed by atoms with Crippen LogP contribution in [-0.2, 0) is 23.0 Å². The van der Waals surface area contributed by atoms with Gasteiger partial charge in [0.2, 0.25) is 5.91 Å². The predicted molar refractivity (Wildman–Crippen MR) is 126 cm³/mol. The van der Waals surface area contributed by atoms with Crippen LogP contribution in [0, 0.1) is 13.8 Å². The van der Waals surface area contributed by atoms with Gasteiger partial charge in [-0.25, -0.2) is 0 Å². The summed E-state index contributed by atoms with van der Waals surface area (Å²) >= 11 is 5.91. The first-order valence-electron chi connectivity index (χ1n) is 11.0. The van der Waals surface area contributed by atoms with E-state index in [0.29, 0.717) is 44.3 Å². The Hall–Kier alpha value is -2.88. The highest BCUT2D eigenvalue weighted by molar-refractivity contribution is 6.30. The number of benzene rings is 1. The van der Waals surface area contributed by atoms with Gasteiger partial charge >= 0.3 is 0 Å². The second kappa shape index (κ2) is 10.4. The van der Waals surface area contributed by atoms with Crippen LogP contribution in [-0.4, -0.2) is 63.6 Å². The van der Waals surface area contributed by atoms with Gasteiger partial charge < -0.3 is 14.8 Å². The number of aromatic amines is 1. The average Bonchev–Trinajstić information content (AvgIpc) is 3.32. The highest BCUT2D eigenvalue weighted by Gasteiger charge is 2.26. The molecule has 3 aromatic rings. The molecule has 0 saturated carbocycles. The number of hydrogen-bond donors (Lipinski definition) is 2. The van der Waals surface area contributed by atoms with Crippen LogP contribution >= 0.6 is 11.6 Å². The largest absolute Gasteiger partial charge is 0.493 e. The van der Waals surface area contributed by atoms with Crippen molar-refractivity contribution in [3.63, 3.8) is 0 Å². The average molecular weight is 473 g/mol. The number of aryl methyl sites for hydroxylation is 3. The van der Waals surface area contributed by atoms with Gasteiger partial charge in [0.15, 0.2) is 0 Å². The number of halogens is 1. The van der Waals surface area contributed by atoms with Crippen LogP contribution in [0.15, 0.2) is 30.3 Å². The lowest BCUT2D eigenvalue weighted by Crippen LogP contribution is -2.42. The van der Waals surface area contributed by atoms with Gasteiger partial charge in [-0.05, 0) is 44.2 Å². The highest BCUT2D eigenvalue weighted by Crippen LogP contribution is 2.23. The molecular formula is C23H29ClN6O3. The summed E-state index contributed by atoms with van der Waals surface area (Å²) in [5.41, 5.74) is 4.30. The molecule has 176 valence electrons. The molecule has 33 heavy (non-hydrogen) atoms. The van der Waals surface area contributed by atoms with E-state index in [-0.39, 0.29) is 12.0 Å². The van der Waals surface area contributed by atoms with Crippen LogP contribution in [0.1, 0.15) is 28.9 Å². The number of hydrogen-bond acceptors (Lipinski definition) is 6. The Kier molecular flexibility index (Phi) is 7.32. The summed E-state index contributed by atoms with van der Waals surface area (Å²) in [6.07, 6.45) is 0.537. The molecule has 10 heteroatoms. The summed E-state index contributed by atoms with van der Waals surface area (Å²) in [6, 6.07) is 9.38. The molecule has 2 aromatic heterocycles. The fourth-order valence-corrected chi connectivity index (χ4v) is 3.99. The van der Waals surface area contributed by atoms with Crippen molar-refractivity contribution in [2.45, 2.75) is 26.4 Å². The molecule has 4 rings (SSSR count). The highest BCUT2D eigenvalue weighted by atomic mass is 35.5. The lowest BCUT2D eigenvalue weighted by Gasteiger charge is -2.31. The molecule has 1 saturated heterocycles. The van der Waals surface area contributed by atoms with E-state index in [1.807, 2.05) is 49.8 Å². The van der Waals surface area contributed by atoms with Crippen molar-refractivity contribution >= 4 is 23.2 Å². The predicted octanol–water partition coefficient (Wildman–Crippen LogP) is 3.05. The number of nitrogens with zero attached hydrogens (tertiary/aromatic N) is 4. The molecule has 1 atom stereocenters. The van der Waals surface area contributed by atoms with Crippen LogP contribution in [0.2, 0.25) is 5.02 Å². The van der Waals surface area contributed by atoms with Crippen molar-refractivity contribution in [2.24, 2.45) is 7.05 Å². The number of carbonyl (C=O) groups excluding carboxylic acids is 1. The second-order valence-electron chi connectivity index (χ2n) is 8.19. The third-order valence-electron chi connectivity index (χ3n) is 5.68. The van der Waals surface area contributed by atoms with E-state index in [1.54, 1.807) is 0 Å². The van der Waals surface area contributed by atoms with Gasteiger partial charge in [0.05, 0.1) is 42.5 Å². The minimum atomic E-state index is -0.180. The molecule has 0 spiro atoms. The third kappa shape index (κ3) is 5.93. The summed E-state index contributed by atoms with van der Waals surface area (Å²) < 4.78 is 13.6. The summed E-state index contributed by atoms with van der Waals surface area (Å²) in [5, 5.41) is 15.3. The van der Waals surface area contributed by atoms with Crippen molar-refractivity contribution < 1.29 is 14.3 Å². The van der Waals surface area contributed by atoms with Gasteiger partial charge in [0.25, 0.3) is 0 Å². The van der Waals surface area contributed by atoms with Crippen LogP contribution in [0.4, 0.5) is 5.69 Å². The Labute approximate surface area is 198 Å². The molecule has 2 N–H and O–H groups in total. The van der Waals surface area contributed by atoms with Gasteiger partial charge in [-0.1, -0.05) is 11.6 Å². The van der Waals surface area contributed by atoms with Crippen molar-refractivity contribution in [3.8, 4) is 5.75 Å². The van der Waals surface area contributed by atoms with E-state index in [1.165, 1.54) is 0 Å². The first kappa shape index (κ1) is 23.3. The van der Waals surface area contributed by atoms with E-state index in [2.05, 4.69) is 31.6 Å². The summed E-state index contributed by atoms with van der Waals surface area (Å²) in [4.78, 5) is 14.7. The number of aromatic nitrogens is 4. The molecule has 9 nitrogen and oxygen atoms in total. The zero-order valence-corrected chi connectivity index (χ0v) is 19.9. The Morgan fingerprint density at radius 1 is 1.33 bits per heavy atom. The SMILES string of the molecule is Cc1n[nH]c(C)c1NC(=O)CN1CCO[C@@H](c2cc(CCOc3ccc(Cl)cc3)n(C)n2)C1. The summed E-state index contributed by atoms with van der Waals surface area (Å²) in [5.74, 6) is 0.719. The first-order chi connectivity index (χ1) is 15.9. The number of morpholine rings is 1. The van der Waals surface area contributed by atoms with Crippen LogP contribution in [0.5, 0.6) is 5.75 Å². The van der Waals surface area contributed by atoms with Crippen LogP contribution in [0.3, 0.4) is 0 Å². The van der Waals surface area contributed by atoms with Crippen molar-refractivity contribution in [2.75, 3.05) is 38.2 Å². The number of ether oxygens (including phenoxy) is 2. The summed E-state index contributed by atoms with van der Waals surface area (Å²) in [7, 11) is 1.92. The Morgan fingerprint density at radius 2 is 2.12 bits per heavy atom. The van der Waals surface area contributed by atoms with E-state index in [0.717, 1.165) is 34.2 Å². The third-order valence-corrected chi connectivity index (χ3v) is 5.93. The summed E-state index contributed by atoms with van der Waals surface area (Å²) in [6.45, 7) is 6.43. The standard InChI is InChI=1S/C23H29ClN6O3/c1-15-23(16(2)27-26-15)25-22(31)14-30-9-11-33-21(13-30)20-12-18(29(3)28-20)8-10-32-19-6-4-17(24)5-7-19/h4-7,12,21H,8-11,13-14H2,1-3H3,(H,25,31)(H,26,27)/t21-/m1/s1. The normalized spacial score (nSPS) is 16.7. The number of amides is 1. The van der Waals surface area contributed by atoms with Gasteiger partial charge in [-0.15, -0.1) is 0 Å². The maximum absolute atomic E-state index is 12.6. The topological polar surface area (TPSA) is 97.3 Å². The zero-order valence-electron chi connectivity index (χ0n) is 19.1. The molecule has 0 radical (unpaired) electrons. The molecule has 1 aliphatic heterocycles. The van der Waals surface area contributed by atoms with Crippen LogP contribution in [0.25, 0.3) is 0 Å². The molecule has 3 heterocycles. The maximum atomic E-state index is 12.6. The van der Waals surface area contributed by atoms with E-state index >= 15 is 0 Å². The quantitative estimate of drug-likeness (QED) is 0.523. The molecular weight excluding hydrogens is 444 g/mol. The number of anilines is 1. The van der Waals surface area contributed by atoms with Gasteiger partial charge in [0, 0.05) is 37.3 Å². The molecule has 1 aliphatic rings. The fourth-order valence-electron chi connectivity index (χ4n) is 3.87. The minimum Gasteiger partial charge on any atom is -0.493 e. The number of rotatable bonds is 8. The van der Waals surface area contributed by atoms with Crippen molar-refractivity contribution in [3.05, 3.63) is 58.1 Å². The minimum absolute atomic E-state index is 0.0655.